The molecule has 33 heavy (non-hydrogen) atoms. The number of morpholine rings is 1. The third kappa shape index (κ3) is 7.29. The summed E-state index contributed by atoms with van der Waals surface area (Å²) in [6.07, 6.45) is 1.60. The highest BCUT2D eigenvalue weighted by molar-refractivity contribution is 5.74. The molecule has 0 aromatic carbocycles. The van der Waals surface area contributed by atoms with E-state index in [0.717, 1.165) is 64.3 Å². The molecule has 0 radical (unpaired) electrons. The molecule has 0 unspecified atom stereocenters. The molecule has 2 amide bonds. The van der Waals surface area contributed by atoms with Crippen LogP contribution in [0.2, 0.25) is 0 Å². The van der Waals surface area contributed by atoms with E-state index in [1.807, 2.05) is 17.2 Å². The maximum Gasteiger partial charge on any atom is 0.490 e. The van der Waals surface area contributed by atoms with Crippen LogP contribution in [0.25, 0.3) is 0 Å². The quantitative estimate of drug-likeness (QED) is 0.713. The van der Waals surface area contributed by atoms with Gasteiger partial charge in [-0.1, -0.05) is 6.07 Å². The number of pyridine rings is 1. The number of carbonyl (C=O) groups excluding carboxylic acids is 1. The first-order valence-corrected chi connectivity index (χ1v) is 11.2. The number of rotatable bonds is 2. The first-order valence-electron chi connectivity index (χ1n) is 11.2. The van der Waals surface area contributed by atoms with Crippen molar-refractivity contribution in [2.45, 2.75) is 38.4 Å². The highest BCUT2D eigenvalue weighted by atomic mass is 19.4. The van der Waals surface area contributed by atoms with Gasteiger partial charge in [0.2, 0.25) is 0 Å². The van der Waals surface area contributed by atoms with E-state index in [1.165, 1.54) is 12.8 Å². The highest BCUT2D eigenvalue weighted by Crippen LogP contribution is 2.41. The molecule has 3 aliphatic heterocycles. The fourth-order valence-electron chi connectivity index (χ4n) is 4.53. The number of hydrogen-bond donors (Lipinski definition) is 1. The molecule has 0 aliphatic carbocycles. The Labute approximate surface area is 191 Å². The van der Waals surface area contributed by atoms with Crippen LogP contribution in [0.4, 0.5) is 18.0 Å². The number of hydrogen-bond acceptors (Lipinski definition) is 5. The van der Waals surface area contributed by atoms with Crippen LogP contribution in [-0.2, 0) is 16.1 Å². The predicted molar refractivity (Wildman–Crippen MR) is 113 cm³/mol. The zero-order valence-corrected chi connectivity index (χ0v) is 18.6. The average molecular weight is 473 g/mol. The molecule has 1 N–H and O–H groups in total. The van der Waals surface area contributed by atoms with Gasteiger partial charge >= 0.3 is 18.2 Å². The number of carboxylic acids is 1. The van der Waals surface area contributed by atoms with E-state index in [0.29, 0.717) is 18.6 Å². The van der Waals surface area contributed by atoms with Gasteiger partial charge in [0.15, 0.2) is 0 Å². The molecule has 0 saturated carbocycles. The van der Waals surface area contributed by atoms with E-state index < -0.39 is 12.1 Å². The third-order valence-electron chi connectivity index (χ3n) is 6.65. The Morgan fingerprint density at radius 3 is 2.03 bits per heavy atom. The lowest BCUT2D eigenvalue weighted by atomic mass is 9.71. The molecule has 1 aromatic heterocycles. The van der Waals surface area contributed by atoms with Crippen LogP contribution < -0.4 is 0 Å². The van der Waals surface area contributed by atoms with Crippen LogP contribution in [0.5, 0.6) is 0 Å². The third-order valence-corrected chi connectivity index (χ3v) is 6.65. The maximum atomic E-state index is 12.7. The Morgan fingerprint density at radius 1 is 0.970 bits per heavy atom. The van der Waals surface area contributed by atoms with Gasteiger partial charge in [-0.2, -0.15) is 13.2 Å². The van der Waals surface area contributed by atoms with Crippen molar-refractivity contribution in [1.82, 2.24) is 19.7 Å². The van der Waals surface area contributed by atoms with Crippen molar-refractivity contribution in [2.75, 3.05) is 52.5 Å². The molecule has 4 rings (SSSR count). The molecule has 1 spiro atoms. The monoisotopic (exact) mass is 472 g/mol. The van der Waals surface area contributed by atoms with Gasteiger partial charge in [-0.05, 0) is 56.3 Å². The summed E-state index contributed by atoms with van der Waals surface area (Å²) in [7, 11) is 0. The summed E-state index contributed by atoms with van der Waals surface area (Å²) in [5.41, 5.74) is 1.61. The number of aliphatic carboxylic acids is 1. The largest absolute Gasteiger partial charge is 0.490 e. The van der Waals surface area contributed by atoms with Gasteiger partial charge in [-0.25, -0.2) is 9.59 Å². The van der Waals surface area contributed by atoms with E-state index in [2.05, 4.69) is 26.9 Å². The summed E-state index contributed by atoms with van der Waals surface area (Å²) in [5, 5.41) is 7.12. The fourth-order valence-corrected chi connectivity index (χ4v) is 4.53. The maximum absolute atomic E-state index is 12.7. The number of piperidine rings is 2. The minimum atomic E-state index is -5.08. The fraction of sp³-hybridized carbons (Fsp3) is 0.682. The lowest BCUT2D eigenvalue weighted by Gasteiger charge is -2.47. The predicted octanol–water partition coefficient (Wildman–Crippen LogP) is 2.85. The van der Waals surface area contributed by atoms with Crippen molar-refractivity contribution >= 4 is 12.0 Å². The van der Waals surface area contributed by atoms with Gasteiger partial charge < -0.3 is 19.6 Å². The van der Waals surface area contributed by atoms with Crippen LogP contribution >= 0.6 is 0 Å². The molecule has 1 aromatic rings. The van der Waals surface area contributed by atoms with Crippen LogP contribution in [0.15, 0.2) is 24.4 Å². The number of nitrogens with zero attached hydrogens (tertiary/aromatic N) is 4. The Hall–Kier alpha value is -2.40. The average Bonchev–Trinajstić information content (AvgIpc) is 2.82. The van der Waals surface area contributed by atoms with Crippen LogP contribution in [-0.4, -0.2) is 95.4 Å². The number of carboxylic acid groups (broad SMARTS) is 1. The molecule has 3 fully saturated rings. The highest BCUT2D eigenvalue weighted by Gasteiger charge is 2.39. The number of ether oxygens (including phenoxy) is 1. The van der Waals surface area contributed by atoms with Gasteiger partial charge in [-0.3, -0.25) is 9.88 Å². The van der Waals surface area contributed by atoms with Gasteiger partial charge in [0.25, 0.3) is 0 Å². The number of halogens is 3. The van der Waals surface area contributed by atoms with Gasteiger partial charge in [0.1, 0.15) is 0 Å². The molecule has 3 saturated heterocycles. The molecule has 4 heterocycles. The second-order valence-corrected chi connectivity index (χ2v) is 8.77. The van der Waals surface area contributed by atoms with E-state index in [9.17, 15) is 18.0 Å². The molecule has 11 heteroatoms. The Balaban J connectivity index is 0.000000383. The summed E-state index contributed by atoms with van der Waals surface area (Å²) >= 11 is 0. The van der Waals surface area contributed by atoms with Crippen molar-refractivity contribution in [3.05, 3.63) is 30.1 Å². The minimum Gasteiger partial charge on any atom is -0.475 e. The van der Waals surface area contributed by atoms with Gasteiger partial charge in [0.05, 0.1) is 18.9 Å². The summed E-state index contributed by atoms with van der Waals surface area (Å²) in [6.45, 7) is 7.91. The van der Waals surface area contributed by atoms with Crippen molar-refractivity contribution < 1.29 is 32.6 Å². The number of urea groups is 1. The van der Waals surface area contributed by atoms with E-state index >= 15 is 0 Å². The lowest BCUT2D eigenvalue weighted by Crippen LogP contribution is -2.53. The second kappa shape index (κ2) is 11.1. The molecule has 8 nitrogen and oxygen atoms in total. The minimum absolute atomic E-state index is 0.218. The zero-order valence-electron chi connectivity index (χ0n) is 18.6. The molecule has 0 atom stereocenters. The van der Waals surface area contributed by atoms with Crippen molar-refractivity contribution in [3.63, 3.8) is 0 Å². The molecule has 184 valence electrons. The number of amides is 2. The molecule has 0 bridgehead atoms. The SMILES string of the molecule is O=C(N1CCOCC1)N1CCC2(CCN(Cc3ccccn3)CC2)CC1.O=C(O)C(F)(F)F. The number of likely N-dealkylation sites (tertiary alicyclic amines) is 2. The van der Waals surface area contributed by atoms with E-state index in [4.69, 9.17) is 14.6 Å². The number of aromatic nitrogens is 1. The van der Waals surface area contributed by atoms with Crippen LogP contribution in [0.3, 0.4) is 0 Å². The first-order chi connectivity index (χ1) is 15.7. The molecular weight excluding hydrogens is 441 g/mol. The number of carbonyl (C=O) groups is 2. The summed E-state index contributed by atoms with van der Waals surface area (Å²) in [6, 6.07) is 6.37. The topological polar surface area (TPSA) is 86.2 Å². The summed E-state index contributed by atoms with van der Waals surface area (Å²) in [5.74, 6) is -2.76. The van der Waals surface area contributed by atoms with Crippen molar-refractivity contribution in [1.29, 1.82) is 0 Å². The van der Waals surface area contributed by atoms with E-state index in [-0.39, 0.29) is 6.03 Å². The standard InChI is InChI=1S/C20H30N4O2.C2HF3O2/c25-19(24-13-15-26-16-14-24)23-11-6-20(7-12-23)4-9-22(10-5-20)17-18-3-1-2-8-21-18;3-2(4,5)1(6)7/h1-3,8H,4-7,9-17H2;(H,6,7). The van der Waals surface area contributed by atoms with Crippen LogP contribution in [0, 0.1) is 5.41 Å². The molecule has 3 aliphatic rings. The summed E-state index contributed by atoms with van der Waals surface area (Å²) in [4.78, 5) is 32.6. The summed E-state index contributed by atoms with van der Waals surface area (Å²) < 4.78 is 37.1. The smallest absolute Gasteiger partial charge is 0.475 e. The normalized spacial score (nSPS) is 21.3. The second-order valence-electron chi connectivity index (χ2n) is 8.77. The Kier molecular flexibility index (Phi) is 8.52. The van der Waals surface area contributed by atoms with Crippen molar-refractivity contribution in [2.24, 2.45) is 5.41 Å². The van der Waals surface area contributed by atoms with Crippen LogP contribution in [0.1, 0.15) is 31.4 Å². The Bertz CT molecular complexity index is 770. The Morgan fingerprint density at radius 2 is 1.52 bits per heavy atom. The van der Waals surface area contributed by atoms with Crippen molar-refractivity contribution in [3.8, 4) is 0 Å². The molecular formula is C22H31F3N4O4. The zero-order chi connectivity index (χ0) is 23.9. The van der Waals surface area contributed by atoms with E-state index in [1.54, 1.807) is 0 Å². The van der Waals surface area contributed by atoms with Gasteiger partial charge in [-0.15, -0.1) is 0 Å². The number of alkyl halides is 3. The lowest BCUT2D eigenvalue weighted by molar-refractivity contribution is -0.192. The first kappa shape index (κ1) is 25.2. The van der Waals surface area contributed by atoms with Gasteiger partial charge in [0, 0.05) is 38.9 Å².